The molecular formula is C8H14N3O3S. The highest BCUT2D eigenvalue weighted by atomic mass is 32.1. The summed E-state index contributed by atoms with van der Waals surface area (Å²) in [5.41, 5.74) is 0. The lowest BCUT2D eigenvalue weighted by atomic mass is 10.3. The molecular weight excluding hydrogens is 218 g/mol. The van der Waals surface area contributed by atoms with Crippen molar-refractivity contribution in [3.63, 3.8) is 0 Å². The molecule has 85 valence electrons. The van der Waals surface area contributed by atoms with Crippen molar-refractivity contribution in [2.75, 3.05) is 19.0 Å². The highest BCUT2D eigenvalue weighted by Gasteiger charge is 2.09. The average Bonchev–Trinajstić information content (AvgIpc) is 2.20. The summed E-state index contributed by atoms with van der Waals surface area (Å²) in [6, 6.07) is -0.691. The molecule has 0 fully saturated rings. The molecule has 0 spiro atoms. The first kappa shape index (κ1) is 13.9. The Balaban J connectivity index is 3.56. The van der Waals surface area contributed by atoms with Crippen LogP contribution in [0.4, 0.5) is 0 Å². The second-order valence-corrected chi connectivity index (χ2v) is 3.12. The van der Waals surface area contributed by atoms with Crippen molar-refractivity contribution in [1.82, 2.24) is 16.0 Å². The van der Waals surface area contributed by atoms with E-state index in [2.05, 4.69) is 28.6 Å². The Morgan fingerprint density at radius 2 is 2.13 bits per heavy atom. The summed E-state index contributed by atoms with van der Waals surface area (Å²) in [7, 11) is 0. The number of amides is 2. The van der Waals surface area contributed by atoms with Crippen molar-refractivity contribution in [2.24, 2.45) is 0 Å². The Kier molecular flexibility index (Phi) is 7.65. The van der Waals surface area contributed by atoms with Crippen LogP contribution >= 0.6 is 12.6 Å². The minimum Gasteiger partial charge on any atom is -0.344 e. The molecule has 0 aliphatic rings. The SMILES string of the molecule is CC(=O)NCNCC(=O)NC([C]=O)CS. The van der Waals surface area contributed by atoms with Crippen molar-refractivity contribution >= 4 is 30.7 Å². The third kappa shape index (κ3) is 7.95. The van der Waals surface area contributed by atoms with E-state index in [0.717, 1.165) is 0 Å². The van der Waals surface area contributed by atoms with E-state index in [0.29, 0.717) is 0 Å². The second-order valence-electron chi connectivity index (χ2n) is 2.76. The number of rotatable bonds is 7. The fourth-order valence-corrected chi connectivity index (χ4v) is 0.887. The predicted molar refractivity (Wildman–Crippen MR) is 58.2 cm³/mol. The zero-order chi connectivity index (χ0) is 11.7. The van der Waals surface area contributed by atoms with Crippen molar-refractivity contribution in [1.29, 1.82) is 0 Å². The van der Waals surface area contributed by atoms with Gasteiger partial charge in [-0.05, 0) is 0 Å². The van der Waals surface area contributed by atoms with Gasteiger partial charge in [-0.25, -0.2) is 0 Å². The maximum atomic E-state index is 11.1. The van der Waals surface area contributed by atoms with Crippen LogP contribution in [0.5, 0.6) is 0 Å². The van der Waals surface area contributed by atoms with Gasteiger partial charge in [-0.2, -0.15) is 12.6 Å². The summed E-state index contributed by atoms with van der Waals surface area (Å²) < 4.78 is 0. The van der Waals surface area contributed by atoms with E-state index in [1.807, 2.05) is 0 Å². The van der Waals surface area contributed by atoms with Crippen LogP contribution in [-0.4, -0.2) is 43.1 Å². The van der Waals surface area contributed by atoms with E-state index >= 15 is 0 Å². The van der Waals surface area contributed by atoms with Gasteiger partial charge in [-0.3, -0.25) is 19.7 Å². The summed E-state index contributed by atoms with van der Waals surface area (Å²) in [6.45, 7) is 1.60. The van der Waals surface area contributed by atoms with Crippen molar-refractivity contribution in [3.8, 4) is 0 Å². The lowest BCUT2D eigenvalue weighted by Gasteiger charge is -2.09. The lowest BCUT2D eigenvalue weighted by molar-refractivity contribution is -0.121. The Hall–Kier alpha value is -1.08. The van der Waals surface area contributed by atoms with Crippen molar-refractivity contribution in [2.45, 2.75) is 13.0 Å². The molecule has 3 N–H and O–H groups in total. The first-order valence-corrected chi connectivity index (χ1v) is 4.96. The molecule has 0 heterocycles. The van der Waals surface area contributed by atoms with Crippen LogP contribution in [-0.2, 0) is 14.4 Å². The fraction of sp³-hybridized carbons (Fsp3) is 0.625. The fourth-order valence-electron chi connectivity index (χ4n) is 0.721. The van der Waals surface area contributed by atoms with Crippen LogP contribution in [0.2, 0.25) is 0 Å². The highest BCUT2D eigenvalue weighted by Crippen LogP contribution is 1.82. The monoisotopic (exact) mass is 232 g/mol. The molecule has 7 heteroatoms. The molecule has 1 radical (unpaired) electrons. The third-order valence-corrected chi connectivity index (χ3v) is 1.77. The molecule has 15 heavy (non-hydrogen) atoms. The Morgan fingerprint density at radius 3 is 2.60 bits per heavy atom. The van der Waals surface area contributed by atoms with Crippen molar-refractivity contribution < 1.29 is 14.4 Å². The number of thiol groups is 1. The molecule has 1 unspecified atom stereocenters. The maximum Gasteiger partial charge on any atom is 0.234 e. The number of hydrogen-bond acceptors (Lipinski definition) is 5. The average molecular weight is 232 g/mol. The zero-order valence-electron chi connectivity index (χ0n) is 8.37. The summed E-state index contributed by atoms with van der Waals surface area (Å²) in [5.74, 6) is -0.318. The molecule has 0 aliphatic heterocycles. The summed E-state index contributed by atoms with van der Waals surface area (Å²) in [4.78, 5) is 31.8. The topological polar surface area (TPSA) is 87.3 Å². The molecule has 6 nitrogen and oxygen atoms in total. The van der Waals surface area contributed by atoms with Gasteiger partial charge >= 0.3 is 0 Å². The number of carbonyl (C=O) groups is 2. The smallest absolute Gasteiger partial charge is 0.234 e. The molecule has 0 aromatic carbocycles. The van der Waals surface area contributed by atoms with E-state index in [4.69, 9.17) is 0 Å². The van der Waals surface area contributed by atoms with Gasteiger partial charge in [0.15, 0.2) is 0 Å². The third-order valence-electron chi connectivity index (χ3n) is 1.41. The van der Waals surface area contributed by atoms with E-state index in [1.54, 1.807) is 6.29 Å². The Labute approximate surface area is 93.6 Å². The van der Waals surface area contributed by atoms with Crippen LogP contribution in [0.3, 0.4) is 0 Å². The van der Waals surface area contributed by atoms with E-state index in [9.17, 15) is 14.4 Å². The minimum absolute atomic E-state index is 0.0201. The van der Waals surface area contributed by atoms with Crippen LogP contribution in [0, 0.1) is 0 Å². The molecule has 0 saturated heterocycles. The first-order chi connectivity index (χ1) is 7.10. The second kappa shape index (κ2) is 8.25. The minimum atomic E-state index is -0.691. The summed E-state index contributed by atoms with van der Waals surface area (Å²) >= 11 is 3.85. The molecule has 1 atom stereocenters. The summed E-state index contributed by atoms with van der Waals surface area (Å²) in [5, 5.41) is 7.52. The van der Waals surface area contributed by atoms with Crippen molar-refractivity contribution in [3.05, 3.63) is 0 Å². The van der Waals surface area contributed by atoms with Gasteiger partial charge in [-0.15, -0.1) is 0 Å². The number of nitrogens with one attached hydrogen (secondary N) is 3. The highest BCUT2D eigenvalue weighted by molar-refractivity contribution is 7.80. The van der Waals surface area contributed by atoms with Gasteiger partial charge < -0.3 is 10.6 Å². The van der Waals surface area contributed by atoms with Gasteiger partial charge in [0.05, 0.1) is 13.2 Å². The Morgan fingerprint density at radius 1 is 1.47 bits per heavy atom. The molecule has 0 bridgehead atoms. The lowest BCUT2D eigenvalue weighted by Crippen LogP contribution is -2.44. The van der Waals surface area contributed by atoms with Gasteiger partial charge in [0.1, 0.15) is 6.04 Å². The largest absolute Gasteiger partial charge is 0.344 e. The molecule has 0 aromatic rings. The van der Waals surface area contributed by atoms with Gasteiger partial charge in [0, 0.05) is 12.7 Å². The van der Waals surface area contributed by atoms with Crippen LogP contribution in [0.15, 0.2) is 0 Å². The van der Waals surface area contributed by atoms with Gasteiger partial charge in [-0.1, -0.05) is 0 Å². The normalized spacial score (nSPS) is 11.6. The van der Waals surface area contributed by atoms with Crippen LogP contribution in [0.1, 0.15) is 6.92 Å². The van der Waals surface area contributed by atoms with Crippen LogP contribution < -0.4 is 16.0 Å². The molecule has 0 saturated carbocycles. The van der Waals surface area contributed by atoms with Gasteiger partial charge in [0.2, 0.25) is 18.1 Å². The number of hydrogen-bond donors (Lipinski definition) is 4. The Bertz CT molecular complexity index is 235. The van der Waals surface area contributed by atoms with E-state index < -0.39 is 6.04 Å². The predicted octanol–water partition coefficient (Wildman–Crippen LogP) is -1.81. The molecule has 0 aromatic heterocycles. The molecule has 0 aliphatic carbocycles. The number of carbonyl (C=O) groups excluding carboxylic acids is 3. The quantitative estimate of drug-likeness (QED) is 0.237. The molecule has 0 rings (SSSR count). The van der Waals surface area contributed by atoms with E-state index in [-0.39, 0.29) is 30.8 Å². The standard InChI is InChI=1S/C8H14N3O3S/c1-6(13)10-5-9-2-8(14)11-7(3-12)4-15/h7,9,15H,2,4-5H2,1H3,(H,10,13)(H,11,14). The van der Waals surface area contributed by atoms with Crippen LogP contribution in [0.25, 0.3) is 0 Å². The molecule has 2 amide bonds. The summed E-state index contributed by atoms with van der Waals surface area (Å²) in [6.07, 6.45) is 1.64. The van der Waals surface area contributed by atoms with E-state index in [1.165, 1.54) is 6.92 Å². The first-order valence-electron chi connectivity index (χ1n) is 4.33. The maximum absolute atomic E-state index is 11.1. The zero-order valence-corrected chi connectivity index (χ0v) is 9.27. The van der Waals surface area contributed by atoms with Gasteiger partial charge in [0.25, 0.3) is 0 Å².